The topological polar surface area (TPSA) is 135 Å². The van der Waals surface area contributed by atoms with Crippen LogP contribution in [0.4, 0.5) is 10.6 Å². The molecule has 0 spiro atoms. The Morgan fingerprint density at radius 1 is 1.26 bits per heavy atom. The van der Waals surface area contributed by atoms with Crippen LogP contribution in [-0.4, -0.2) is 70.0 Å². The average Bonchev–Trinajstić information content (AvgIpc) is 3.32. The van der Waals surface area contributed by atoms with Crippen molar-refractivity contribution in [2.75, 3.05) is 38.3 Å². The minimum absolute atomic E-state index is 0.0130. The molecule has 11 heteroatoms. The second kappa shape index (κ2) is 14.8. The number of nitrogens with one attached hydrogen (secondary N) is 2. The van der Waals surface area contributed by atoms with Crippen LogP contribution in [0.5, 0.6) is 0 Å². The summed E-state index contributed by atoms with van der Waals surface area (Å²) in [6.07, 6.45) is 7.53. The van der Waals surface area contributed by atoms with E-state index in [0.29, 0.717) is 30.4 Å². The van der Waals surface area contributed by atoms with Crippen molar-refractivity contribution in [2.24, 2.45) is 16.8 Å². The summed E-state index contributed by atoms with van der Waals surface area (Å²) in [5, 5.41) is 11.7. The Labute approximate surface area is 233 Å². The second-order valence-corrected chi connectivity index (χ2v) is 11.8. The molecule has 2 aromatic rings. The molecule has 1 aromatic carbocycles. The molecule has 10 nitrogen and oxygen atoms in total. The quantitative estimate of drug-likeness (QED) is 0.321. The van der Waals surface area contributed by atoms with Crippen LogP contribution >= 0.6 is 11.1 Å². The van der Waals surface area contributed by atoms with Gasteiger partial charge in [0.15, 0.2) is 11.1 Å². The molecular weight excluding hydrogens is 518 g/mol. The van der Waals surface area contributed by atoms with Crippen LogP contribution in [0.1, 0.15) is 70.0 Å². The molecule has 216 valence electrons. The van der Waals surface area contributed by atoms with Gasteiger partial charge in [0.05, 0.1) is 24.9 Å². The Bertz CT molecular complexity index is 1090. The fourth-order valence-corrected chi connectivity index (χ4v) is 6.56. The highest BCUT2D eigenvalue weighted by molar-refractivity contribution is 7.13. The summed E-state index contributed by atoms with van der Waals surface area (Å²) >= 11 is -1.61. The van der Waals surface area contributed by atoms with E-state index in [1.807, 2.05) is 25.1 Å². The van der Waals surface area contributed by atoms with Crippen molar-refractivity contribution in [1.29, 1.82) is 0 Å². The summed E-state index contributed by atoms with van der Waals surface area (Å²) in [4.78, 5) is 18.3. The van der Waals surface area contributed by atoms with E-state index in [1.54, 1.807) is 7.11 Å². The molecule has 0 bridgehead atoms. The summed E-state index contributed by atoms with van der Waals surface area (Å²) in [6, 6.07) is 10.0. The molecule has 0 radical (unpaired) electrons. The number of benzene rings is 1. The monoisotopic (exact) mass is 561 g/mol. The van der Waals surface area contributed by atoms with E-state index in [1.165, 1.54) is 19.3 Å². The van der Waals surface area contributed by atoms with Gasteiger partial charge < -0.3 is 29.3 Å². The molecule has 1 aliphatic carbocycles. The van der Waals surface area contributed by atoms with Crippen molar-refractivity contribution < 1.29 is 23.9 Å². The maximum Gasteiger partial charge on any atom is 0.404 e. The zero-order chi connectivity index (χ0) is 27.6. The van der Waals surface area contributed by atoms with Gasteiger partial charge in [-0.15, -0.1) is 4.37 Å². The molecule has 5 atom stereocenters. The molecule has 5 unspecified atom stereocenters. The van der Waals surface area contributed by atoms with Gasteiger partial charge in [-0.3, -0.25) is 4.99 Å². The first-order chi connectivity index (χ1) is 18.9. The van der Waals surface area contributed by atoms with Crippen molar-refractivity contribution in [2.45, 2.75) is 76.5 Å². The fourth-order valence-electron chi connectivity index (χ4n) is 5.85. The van der Waals surface area contributed by atoms with Gasteiger partial charge in [0.2, 0.25) is 11.3 Å². The number of rotatable bonds is 12. The number of hydrogen-bond donors (Lipinski definition) is 3. The molecule has 39 heavy (non-hydrogen) atoms. The highest BCUT2D eigenvalue weighted by Gasteiger charge is 2.32. The number of nitrogens with zero attached hydrogens (tertiary/aromatic N) is 3. The van der Waals surface area contributed by atoms with Gasteiger partial charge in [0, 0.05) is 37.0 Å². The van der Waals surface area contributed by atoms with Crippen LogP contribution in [0.2, 0.25) is 0 Å². The zero-order valence-electron chi connectivity index (χ0n) is 23.1. The number of aromatic nitrogens is 2. The van der Waals surface area contributed by atoms with Gasteiger partial charge in [0.25, 0.3) is 0 Å². The molecule has 1 aromatic heterocycles. The zero-order valence-corrected chi connectivity index (χ0v) is 23.9. The molecule has 2 fully saturated rings. The molecule has 1 saturated heterocycles. The second-order valence-electron chi connectivity index (χ2n) is 10.9. The molecule has 3 N–H and O–H groups in total. The first-order valence-electron chi connectivity index (χ1n) is 14.2. The van der Waals surface area contributed by atoms with Crippen LogP contribution in [-0.2, 0) is 9.47 Å². The standard InChI is InChI=1S/C28H43N5O5S/c1-20(37-2)19-38-25(22-12-7-4-8-13-22)23-14-9-15-33(18-23)27-26(31-39(36)32-27)30-24(17-29-28(34)35)16-21-10-5-3-6-11-21/h4,7-8,12-13,20-21,23-25,29H,3,5-6,9-11,14-19H2,1-2H3,(H,30,31)(H,34,35). The van der Waals surface area contributed by atoms with Crippen molar-refractivity contribution >= 4 is 23.1 Å². The third kappa shape index (κ3) is 8.76. The van der Waals surface area contributed by atoms with E-state index in [9.17, 15) is 14.5 Å². The third-order valence-corrected chi connectivity index (χ3v) is 8.63. The van der Waals surface area contributed by atoms with Crippen molar-refractivity contribution in [1.82, 2.24) is 14.1 Å². The summed E-state index contributed by atoms with van der Waals surface area (Å²) in [5.41, 5.74) is 1.62. The lowest BCUT2D eigenvalue weighted by Gasteiger charge is -2.37. The van der Waals surface area contributed by atoms with Crippen molar-refractivity contribution in [3.63, 3.8) is 0 Å². The van der Waals surface area contributed by atoms with Crippen LogP contribution in [0.3, 0.4) is 0 Å². The summed E-state index contributed by atoms with van der Waals surface area (Å²) in [6.45, 7) is 4.18. The SMILES string of the molecule is COC(C)COC(c1ccccc1)C1CCCN(c2n[s+]([O-])[nH]c2=NC(CNC(=O)O)CC2CCCCC2)C1. The predicted octanol–water partition coefficient (Wildman–Crippen LogP) is 4.65. The third-order valence-electron chi connectivity index (χ3n) is 7.92. The van der Waals surface area contributed by atoms with Crippen LogP contribution in [0.25, 0.3) is 0 Å². The fraction of sp³-hybridized carbons (Fsp3) is 0.679. The number of methoxy groups -OCH3 is 1. The lowest BCUT2D eigenvalue weighted by atomic mass is 9.85. The molecular formula is C28H43N5O5S. The minimum atomic E-state index is -1.61. The number of aromatic amines is 1. The Balaban J connectivity index is 1.56. The maximum atomic E-state index is 12.5. The van der Waals surface area contributed by atoms with Crippen LogP contribution in [0, 0.1) is 11.8 Å². The van der Waals surface area contributed by atoms with E-state index < -0.39 is 17.2 Å². The first-order valence-corrected chi connectivity index (χ1v) is 15.3. The average molecular weight is 562 g/mol. The number of piperidine rings is 1. The highest BCUT2D eigenvalue weighted by Crippen LogP contribution is 2.34. The molecule has 1 aliphatic heterocycles. The van der Waals surface area contributed by atoms with Crippen LogP contribution in [0.15, 0.2) is 35.3 Å². The number of anilines is 1. The molecule has 4 rings (SSSR count). The van der Waals surface area contributed by atoms with E-state index in [0.717, 1.165) is 44.2 Å². The van der Waals surface area contributed by atoms with E-state index in [-0.39, 0.29) is 30.7 Å². The van der Waals surface area contributed by atoms with Gasteiger partial charge in [-0.1, -0.05) is 62.4 Å². The smallest absolute Gasteiger partial charge is 0.404 e. The number of ether oxygens (including phenoxy) is 2. The van der Waals surface area contributed by atoms with Crippen molar-refractivity contribution in [3.05, 3.63) is 41.4 Å². The largest absolute Gasteiger partial charge is 0.548 e. The van der Waals surface area contributed by atoms with Crippen molar-refractivity contribution in [3.8, 4) is 0 Å². The Morgan fingerprint density at radius 2 is 2.03 bits per heavy atom. The summed E-state index contributed by atoms with van der Waals surface area (Å²) in [5.74, 6) is 1.32. The molecule has 1 saturated carbocycles. The number of carboxylic acid groups (broad SMARTS) is 1. The number of amides is 1. The van der Waals surface area contributed by atoms with Gasteiger partial charge >= 0.3 is 6.09 Å². The maximum absolute atomic E-state index is 12.5. The lowest BCUT2D eigenvalue weighted by molar-refractivity contribution is -0.0461. The normalized spacial score (nSPS) is 21.9. The van der Waals surface area contributed by atoms with E-state index in [2.05, 4.69) is 31.1 Å². The highest BCUT2D eigenvalue weighted by atomic mass is 32.2. The Hall–Kier alpha value is -2.47. The van der Waals surface area contributed by atoms with Gasteiger partial charge in [0.1, 0.15) is 0 Å². The number of H-pyrrole nitrogens is 1. The number of carbonyl (C=O) groups is 1. The van der Waals surface area contributed by atoms with Gasteiger partial charge in [-0.2, -0.15) is 0 Å². The van der Waals surface area contributed by atoms with Gasteiger partial charge in [-0.25, -0.2) is 4.79 Å². The van der Waals surface area contributed by atoms with Crippen LogP contribution < -0.4 is 15.7 Å². The predicted molar refractivity (Wildman–Crippen MR) is 150 cm³/mol. The Morgan fingerprint density at radius 3 is 2.74 bits per heavy atom. The lowest BCUT2D eigenvalue weighted by Crippen LogP contribution is -2.41. The van der Waals surface area contributed by atoms with E-state index in [4.69, 9.17) is 14.5 Å². The summed E-state index contributed by atoms with van der Waals surface area (Å²) < 4.78 is 31.7. The number of hydrogen-bond acceptors (Lipinski definition) is 7. The summed E-state index contributed by atoms with van der Waals surface area (Å²) in [7, 11) is 1.69. The first kappa shape index (κ1) is 29.5. The molecule has 2 heterocycles. The van der Waals surface area contributed by atoms with E-state index >= 15 is 0 Å². The van der Waals surface area contributed by atoms with Gasteiger partial charge in [-0.05, 0) is 37.7 Å². The Kier molecular flexibility index (Phi) is 11.2. The molecule has 2 aliphatic rings. The molecule has 1 amide bonds. The minimum Gasteiger partial charge on any atom is -0.548 e.